The van der Waals surface area contributed by atoms with Gasteiger partial charge in [0, 0.05) is 25.2 Å². The molecule has 1 aliphatic heterocycles. The third kappa shape index (κ3) is 2.06. The number of likely N-dealkylation sites (tertiary alicyclic amines) is 1. The molecule has 2 aliphatic rings. The zero-order valence-electron chi connectivity index (χ0n) is 14.5. The first kappa shape index (κ1) is 15.3. The lowest BCUT2D eigenvalue weighted by molar-refractivity contribution is -0.136. The quantitative estimate of drug-likeness (QED) is 0.760. The van der Waals surface area contributed by atoms with Crippen LogP contribution in [-0.2, 0) is 4.79 Å². The number of piperidine rings is 1. The summed E-state index contributed by atoms with van der Waals surface area (Å²) in [5.74, 6) is 1.31. The Labute approximate surface area is 149 Å². The van der Waals surface area contributed by atoms with E-state index in [1.165, 1.54) is 0 Å². The van der Waals surface area contributed by atoms with Gasteiger partial charge in [0.15, 0.2) is 11.3 Å². The molecule has 2 fully saturated rings. The van der Waals surface area contributed by atoms with E-state index in [0.717, 1.165) is 23.4 Å². The van der Waals surface area contributed by atoms with Crippen LogP contribution in [0.1, 0.15) is 37.9 Å². The summed E-state index contributed by atoms with van der Waals surface area (Å²) >= 11 is 0. The zero-order chi connectivity index (χ0) is 17.9. The van der Waals surface area contributed by atoms with Crippen molar-refractivity contribution in [2.45, 2.75) is 32.1 Å². The van der Waals surface area contributed by atoms with Crippen LogP contribution < -0.4 is 0 Å². The molecule has 8 nitrogen and oxygen atoms in total. The number of carbonyl (C=O) groups excluding carboxylic acids is 1. The van der Waals surface area contributed by atoms with E-state index >= 15 is 0 Å². The molecule has 3 aromatic heterocycles. The van der Waals surface area contributed by atoms with Gasteiger partial charge in [-0.05, 0) is 31.2 Å². The fourth-order valence-electron chi connectivity index (χ4n) is 4.03. The molecular weight excluding hydrogens is 330 g/mol. The molecule has 8 heteroatoms. The summed E-state index contributed by atoms with van der Waals surface area (Å²) in [4.78, 5) is 22.2. The first-order valence-electron chi connectivity index (χ1n) is 9.01. The second-order valence-electron chi connectivity index (χ2n) is 7.54. The van der Waals surface area contributed by atoms with Gasteiger partial charge in [-0.25, -0.2) is 4.98 Å². The minimum Gasteiger partial charge on any atom is -0.345 e. The summed E-state index contributed by atoms with van der Waals surface area (Å²) in [7, 11) is 0. The van der Waals surface area contributed by atoms with E-state index in [4.69, 9.17) is 0 Å². The van der Waals surface area contributed by atoms with Crippen LogP contribution in [0.4, 0.5) is 0 Å². The van der Waals surface area contributed by atoms with Crippen LogP contribution >= 0.6 is 0 Å². The highest BCUT2D eigenvalue weighted by Crippen LogP contribution is 2.47. The van der Waals surface area contributed by atoms with Crippen molar-refractivity contribution < 1.29 is 4.79 Å². The highest BCUT2D eigenvalue weighted by atomic mass is 16.2. The van der Waals surface area contributed by atoms with Crippen LogP contribution in [0.3, 0.4) is 0 Å². The van der Waals surface area contributed by atoms with Gasteiger partial charge in [0.05, 0.1) is 17.8 Å². The molecule has 4 heterocycles. The largest absolute Gasteiger partial charge is 0.345 e. The van der Waals surface area contributed by atoms with Crippen LogP contribution in [0.5, 0.6) is 0 Å². The average Bonchev–Trinajstić information content (AvgIpc) is 3.11. The molecule has 0 spiro atoms. The minimum absolute atomic E-state index is 0.0146. The maximum Gasteiger partial charge on any atom is 0.243 e. The van der Waals surface area contributed by atoms with Crippen LogP contribution in [0.15, 0.2) is 18.5 Å². The monoisotopic (exact) mass is 349 g/mol. The molecule has 26 heavy (non-hydrogen) atoms. The number of carbonyl (C=O) groups is 1. The fourth-order valence-corrected chi connectivity index (χ4v) is 4.03. The molecule has 0 bridgehead atoms. The standard InChI is InChI=1S/C18H19N7O/c1-11-3-7-24(17(26)18(10-19)4-5-18)9-12(11)16-23-22-14-8-21-15-13(25(14)16)2-6-20-15/h2,6,8,11-12,20H,3-5,7,9H2,1H3/t11-,12-/m1/s1. The zero-order valence-corrected chi connectivity index (χ0v) is 14.5. The smallest absolute Gasteiger partial charge is 0.243 e. The van der Waals surface area contributed by atoms with E-state index < -0.39 is 5.41 Å². The third-order valence-corrected chi connectivity index (χ3v) is 5.92. The lowest BCUT2D eigenvalue weighted by atomic mass is 9.85. The molecule has 0 radical (unpaired) electrons. The lowest BCUT2D eigenvalue weighted by Gasteiger charge is -2.37. The van der Waals surface area contributed by atoms with Crippen LogP contribution in [0, 0.1) is 22.7 Å². The Morgan fingerprint density at radius 3 is 3.04 bits per heavy atom. The molecule has 3 aromatic rings. The normalized spacial score (nSPS) is 24.7. The summed E-state index contributed by atoms with van der Waals surface area (Å²) in [6.07, 6.45) is 5.82. The Morgan fingerprint density at radius 1 is 1.42 bits per heavy atom. The van der Waals surface area contributed by atoms with Crippen molar-refractivity contribution in [3.05, 3.63) is 24.3 Å². The summed E-state index contributed by atoms with van der Waals surface area (Å²) in [5.41, 5.74) is 1.67. The predicted molar refractivity (Wildman–Crippen MR) is 93.0 cm³/mol. The number of rotatable bonds is 2. The summed E-state index contributed by atoms with van der Waals surface area (Å²) in [5, 5.41) is 18.1. The van der Waals surface area contributed by atoms with E-state index in [1.807, 2.05) is 21.6 Å². The van der Waals surface area contributed by atoms with Gasteiger partial charge in [-0.1, -0.05) is 6.92 Å². The Kier molecular flexibility index (Phi) is 3.11. The first-order chi connectivity index (χ1) is 12.6. The van der Waals surface area contributed by atoms with Crippen molar-refractivity contribution in [1.29, 1.82) is 5.26 Å². The number of fused-ring (bicyclic) bond motifs is 3. The van der Waals surface area contributed by atoms with Crippen molar-refractivity contribution in [2.24, 2.45) is 11.3 Å². The van der Waals surface area contributed by atoms with Gasteiger partial charge in [0.25, 0.3) is 0 Å². The lowest BCUT2D eigenvalue weighted by Crippen LogP contribution is -2.45. The van der Waals surface area contributed by atoms with Gasteiger partial charge in [-0.3, -0.25) is 9.20 Å². The second-order valence-corrected chi connectivity index (χ2v) is 7.54. The molecule has 1 saturated heterocycles. The summed E-state index contributed by atoms with van der Waals surface area (Å²) < 4.78 is 2.03. The Bertz CT molecular complexity index is 1050. The second kappa shape index (κ2) is 5.27. The van der Waals surface area contributed by atoms with Crippen molar-refractivity contribution in [2.75, 3.05) is 13.1 Å². The van der Waals surface area contributed by atoms with Gasteiger partial charge in [-0.15, -0.1) is 10.2 Å². The SMILES string of the molecule is C[C@@H]1CCN(C(=O)C2(C#N)CC2)C[C@H]1c1nnc2cnc3[nH]ccc3n12. The highest BCUT2D eigenvalue weighted by molar-refractivity contribution is 5.88. The van der Waals surface area contributed by atoms with Crippen LogP contribution in [0.25, 0.3) is 16.8 Å². The third-order valence-electron chi connectivity index (χ3n) is 5.92. The number of nitrogens with zero attached hydrogens (tertiary/aromatic N) is 6. The number of nitriles is 1. The highest BCUT2D eigenvalue weighted by Gasteiger charge is 2.53. The Hall–Kier alpha value is -2.95. The van der Waals surface area contributed by atoms with Crippen LogP contribution in [-0.4, -0.2) is 48.5 Å². The molecule has 1 aliphatic carbocycles. The molecular formula is C18H19N7O. The molecule has 0 unspecified atom stereocenters. The number of amides is 1. The number of nitrogens with one attached hydrogen (secondary N) is 1. The average molecular weight is 349 g/mol. The van der Waals surface area contributed by atoms with E-state index in [-0.39, 0.29) is 11.8 Å². The van der Waals surface area contributed by atoms with Crippen LogP contribution in [0.2, 0.25) is 0 Å². The summed E-state index contributed by atoms with van der Waals surface area (Å²) in [6.45, 7) is 3.48. The van der Waals surface area contributed by atoms with Gasteiger partial charge < -0.3 is 9.88 Å². The van der Waals surface area contributed by atoms with E-state index in [2.05, 4.69) is 33.2 Å². The summed E-state index contributed by atoms with van der Waals surface area (Å²) in [6, 6.07) is 4.19. The number of H-pyrrole nitrogens is 1. The Balaban J connectivity index is 1.54. The maximum absolute atomic E-state index is 12.8. The predicted octanol–water partition coefficient (Wildman–Crippen LogP) is 1.86. The minimum atomic E-state index is -0.768. The van der Waals surface area contributed by atoms with E-state index in [1.54, 1.807) is 6.20 Å². The van der Waals surface area contributed by atoms with Crippen molar-refractivity contribution in [1.82, 2.24) is 29.5 Å². The van der Waals surface area contributed by atoms with Crippen molar-refractivity contribution in [3.63, 3.8) is 0 Å². The topological polar surface area (TPSA) is 103 Å². The number of aromatic nitrogens is 5. The number of hydrogen-bond acceptors (Lipinski definition) is 5. The first-order valence-corrected chi connectivity index (χ1v) is 9.01. The molecule has 5 rings (SSSR count). The molecule has 2 atom stereocenters. The molecule has 132 valence electrons. The molecule has 1 saturated carbocycles. The van der Waals surface area contributed by atoms with Gasteiger partial charge in [0.2, 0.25) is 5.91 Å². The van der Waals surface area contributed by atoms with Gasteiger partial charge in [-0.2, -0.15) is 5.26 Å². The van der Waals surface area contributed by atoms with Gasteiger partial charge >= 0.3 is 0 Å². The molecule has 1 N–H and O–H groups in total. The number of aromatic amines is 1. The van der Waals surface area contributed by atoms with Crippen molar-refractivity contribution >= 4 is 22.7 Å². The van der Waals surface area contributed by atoms with E-state index in [0.29, 0.717) is 37.5 Å². The molecule has 1 amide bonds. The number of hydrogen-bond donors (Lipinski definition) is 1. The Morgan fingerprint density at radius 2 is 2.27 bits per heavy atom. The fraction of sp³-hybridized carbons (Fsp3) is 0.500. The van der Waals surface area contributed by atoms with Gasteiger partial charge in [0.1, 0.15) is 11.2 Å². The maximum atomic E-state index is 12.8. The van der Waals surface area contributed by atoms with E-state index in [9.17, 15) is 10.1 Å². The molecule has 0 aromatic carbocycles. The van der Waals surface area contributed by atoms with Crippen molar-refractivity contribution in [3.8, 4) is 6.07 Å².